The SMILES string of the molecule is N#Cc1cnc(C(=O)NC/C=C\C(Br)=NCC2=CCCCC2)[nH]1. The maximum atomic E-state index is 11.8. The van der Waals surface area contributed by atoms with Crippen LogP contribution in [0.25, 0.3) is 0 Å². The van der Waals surface area contributed by atoms with Crippen molar-refractivity contribution < 1.29 is 4.79 Å². The number of aliphatic imine (C=N–C) groups is 1. The Bertz CT molecular complexity index is 681. The van der Waals surface area contributed by atoms with Crippen LogP contribution in [-0.4, -0.2) is 33.6 Å². The van der Waals surface area contributed by atoms with Gasteiger partial charge in [-0.2, -0.15) is 5.26 Å². The van der Waals surface area contributed by atoms with E-state index in [0.29, 0.717) is 6.54 Å². The molecule has 0 saturated carbocycles. The van der Waals surface area contributed by atoms with E-state index in [9.17, 15) is 4.79 Å². The van der Waals surface area contributed by atoms with E-state index in [0.717, 1.165) is 24.0 Å². The van der Waals surface area contributed by atoms with Crippen molar-refractivity contribution in [2.24, 2.45) is 4.99 Å². The Balaban J connectivity index is 1.74. The molecule has 0 atom stereocenters. The second-order valence-corrected chi connectivity index (χ2v) is 5.93. The summed E-state index contributed by atoms with van der Waals surface area (Å²) in [5.74, 6) is -0.219. The van der Waals surface area contributed by atoms with Crippen molar-refractivity contribution in [2.75, 3.05) is 13.1 Å². The first-order valence-electron chi connectivity index (χ1n) is 7.46. The van der Waals surface area contributed by atoms with E-state index in [1.165, 1.54) is 24.6 Å². The van der Waals surface area contributed by atoms with E-state index < -0.39 is 0 Å². The lowest BCUT2D eigenvalue weighted by atomic mass is 10.00. The zero-order chi connectivity index (χ0) is 16.5. The van der Waals surface area contributed by atoms with Crippen LogP contribution in [0.3, 0.4) is 0 Å². The Labute approximate surface area is 143 Å². The quantitative estimate of drug-likeness (QED) is 0.591. The van der Waals surface area contributed by atoms with E-state index in [4.69, 9.17) is 5.26 Å². The Morgan fingerprint density at radius 3 is 3.13 bits per heavy atom. The minimum atomic E-state index is -0.350. The Morgan fingerprint density at radius 1 is 1.57 bits per heavy atom. The second kappa shape index (κ2) is 9.06. The molecule has 0 unspecified atom stereocenters. The molecule has 1 aliphatic rings. The van der Waals surface area contributed by atoms with Crippen molar-refractivity contribution in [1.29, 1.82) is 5.26 Å². The van der Waals surface area contributed by atoms with E-state index in [-0.39, 0.29) is 17.4 Å². The number of hydrogen-bond acceptors (Lipinski definition) is 4. The molecular weight excluding hydrogens is 358 g/mol. The predicted octanol–water partition coefficient (Wildman–Crippen LogP) is 2.86. The maximum absolute atomic E-state index is 11.8. The lowest BCUT2D eigenvalue weighted by molar-refractivity contribution is 0.0948. The van der Waals surface area contributed by atoms with E-state index in [1.54, 1.807) is 6.08 Å². The van der Waals surface area contributed by atoms with E-state index in [1.807, 2.05) is 12.1 Å². The fraction of sp³-hybridized carbons (Fsp3) is 0.375. The summed E-state index contributed by atoms with van der Waals surface area (Å²) in [7, 11) is 0. The number of amides is 1. The third-order valence-electron chi connectivity index (χ3n) is 3.37. The van der Waals surface area contributed by atoms with Gasteiger partial charge in [0.25, 0.3) is 5.91 Å². The highest BCUT2D eigenvalue weighted by Crippen LogP contribution is 2.17. The molecule has 0 radical (unpaired) electrons. The molecule has 0 spiro atoms. The van der Waals surface area contributed by atoms with Gasteiger partial charge in [-0.05, 0) is 47.7 Å². The summed E-state index contributed by atoms with van der Waals surface area (Å²) in [6, 6.07) is 1.89. The largest absolute Gasteiger partial charge is 0.346 e. The smallest absolute Gasteiger partial charge is 0.287 e. The lowest BCUT2D eigenvalue weighted by Gasteiger charge is -2.09. The monoisotopic (exact) mass is 375 g/mol. The number of nitrogens with one attached hydrogen (secondary N) is 2. The molecule has 1 aromatic heterocycles. The number of H-pyrrole nitrogens is 1. The van der Waals surface area contributed by atoms with Gasteiger partial charge in [0.2, 0.25) is 0 Å². The van der Waals surface area contributed by atoms with Crippen LogP contribution in [0.15, 0.2) is 35.0 Å². The Kier molecular flexibility index (Phi) is 6.76. The van der Waals surface area contributed by atoms with Gasteiger partial charge in [-0.15, -0.1) is 0 Å². The highest BCUT2D eigenvalue weighted by molar-refractivity contribution is 9.18. The third-order valence-corrected chi connectivity index (χ3v) is 3.88. The minimum Gasteiger partial charge on any atom is -0.346 e. The summed E-state index contributed by atoms with van der Waals surface area (Å²) in [5, 5.41) is 11.3. The highest BCUT2D eigenvalue weighted by atomic mass is 79.9. The molecule has 0 aromatic carbocycles. The zero-order valence-corrected chi connectivity index (χ0v) is 14.3. The number of carbonyl (C=O) groups is 1. The van der Waals surface area contributed by atoms with Crippen molar-refractivity contribution in [3.8, 4) is 6.07 Å². The number of halogens is 1. The van der Waals surface area contributed by atoms with Gasteiger partial charge >= 0.3 is 0 Å². The summed E-state index contributed by atoms with van der Waals surface area (Å²) >= 11 is 3.40. The van der Waals surface area contributed by atoms with Crippen LogP contribution in [0.1, 0.15) is 42.0 Å². The molecule has 0 fully saturated rings. The lowest BCUT2D eigenvalue weighted by Crippen LogP contribution is -2.24. The van der Waals surface area contributed by atoms with Gasteiger partial charge < -0.3 is 10.3 Å². The van der Waals surface area contributed by atoms with Crippen LogP contribution < -0.4 is 5.32 Å². The first-order chi connectivity index (χ1) is 11.2. The number of nitrogens with zero attached hydrogens (tertiary/aromatic N) is 3. The molecule has 7 heteroatoms. The fourth-order valence-electron chi connectivity index (χ4n) is 2.16. The van der Waals surface area contributed by atoms with Crippen molar-refractivity contribution in [3.63, 3.8) is 0 Å². The molecule has 2 N–H and O–H groups in total. The molecular formula is C16H18BrN5O. The molecule has 1 amide bonds. The average molecular weight is 376 g/mol. The standard InChI is InChI=1S/C16H18BrN5O/c17-14(20-10-12-5-2-1-3-6-12)7-4-8-19-16(23)15-21-11-13(9-18)22-15/h4-5,7,11H,1-3,6,8,10H2,(H,19,23)(H,21,22)/b7-4-,20-14?. The van der Waals surface area contributed by atoms with Gasteiger partial charge in [-0.1, -0.05) is 17.7 Å². The first-order valence-corrected chi connectivity index (χ1v) is 8.26. The number of carbonyl (C=O) groups excluding carboxylic acids is 1. The Morgan fingerprint density at radius 2 is 2.43 bits per heavy atom. The first kappa shape index (κ1) is 17.2. The third kappa shape index (κ3) is 5.83. The molecule has 2 rings (SSSR count). The molecule has 6 nitrogen and oxygen atoms in total. The van der Waals surface area contributed by atoms with Crippen LogP contribution >= 0.6 is 15.9 Å². The van der Waals surface area contributed by atoms with Gasteiger partial charge in [0.1, 0.15) is 16.4 Å². The number of rotatable bonds is 6. The number of allylic oxidation sites excluding steroid dienone is 2. The molecule has 1 aliphatic carbocycles. The van der Waals surface area contributed by atoms with Crippen molar-refractivity contribution in [3.05, 3.63) is 41.5 Å². The van der Waals surface area contributed by atoms with Gasteiger partial charge in [-0.3, -0.25) is 9.79 Å². The second-order valence-electron chi connectivity index (χ2n) is 5.12. The number of hydrogen-bond donors (Lipinski definition) is 2. The summed E-state index contributed by atoms with van der Waals surface area (Å²) in [4.78, 5) is 22.7. The number of imidazole rings is 1. The summed E-state index contributed by atoms with van der Waals surface area (Å²) < 4.78 is 0.753. The molecule has 23 heavy (non-hydrogen) atoms. The number of aromatic amines is 1. The van der Waals surface area contributed by atoms with Crippen molar-refractivity contribution in [1.82, 2.24) is 15.3 Å². The normalized spacial score (nSPS) is 15.3. The van der Waals surface area contributed by atoms with Crippen LogP contribution in [0.2, 0.25) is 0 Å². The summed E-state index contributed by atoms with van der Waals surface area (Å²) in [6.07, 6.45) is 12.0. The fourth-order valence-corrected chi connectivity index (χ4v) is 2.48. The maximum Gasteiger partial charge on any atom is 0.287 e. The summed E-state index contributed by atoms with van der Waals surface area (Å²) in [6.45, 7) is 1.08. The number of nitriles is 1. The van der Waals surface area contributed by atoms with Gasteiger partial charge in [0.05, 0.1) is 12.7 Å². The molecule has 0 saturated heterocycles. The van der Waals surface area contributed by atoms with Crippen molar-refractivity contribution >= 4 is 26.5 Å². The summed E-state index contributed by atoms with van der Waals surface area (Å²) in [5.41, 5.74) is 1.65. The van der Waals surface area contributed by atoms with Gasteiger partial charge in [-0.25, -0.2) is 4.98 Å². The molecule has 120 valence electrons. The predicted molar refractivity (Wildman–Crippen MR) is 92.6 cm³/mol. The van der Waals surface area contributed by atoms with E-state index in [2.05, 4.69) is 42.3 Å². The molecule has 0 bridgehead atoms. The van der Waals surface area contributed by atoms with Crippen LogP contribution in [-0.2, 0) is 0 Å². The van der Waals surface area contributed by atoms with Crippen LogP contribution in [0.4, 0.5) is 0 Å². The molecule has 1 heterocycles. The van der Waals surface area contributed by atoms with Crippen molar-refractivity contribution in [2.45, 2.75) is 25.7 Å². The van der Waals surface area contributed by atoms with Gasteiger partial charge in [0, 0.05) is 6.54 Å². The average Bonchev–Trinajstić information content (AvgIpc) is 3.07. The van der Waals surface area contributed by atoms with E-state index >= 15 is 0 Å². The van der Waals surface area contributed by atoms with Crippen LogP contribution in [0.5, 0.6) is 0 Å². The molecule has 1 aromatic rings. The molecule has 0 aliphatic heterocycles. The number of aromatic nitrogens is 2. The minimum absolute atomic E-state index is 0.131. The highest BCUT2D eigenvalue weighted by Gasteiger charge is 2.08. The van der Waals surface area contributed by atoms with Crippen LogP contribution in [0, 0.1) is 11.3 Å². The van der Waals surface area contributed by atoms with Gasteiger partial charge in [0.15, 0.2) is 5.82 Å². The topological polar surface area (TPSA) is 93.9 Å². The zero-order valence-electron chi connectivity index (χ0n) is 12.7. The Hall–Kier alpha value is -2.20.